The van der Waals surface area contributed by atoms with E-state index in [1.807, 2.05) is 6.07 Å². The Bertz CT molecular complexity index is 81.4. The summed E-state index contributed by atoms with van der Waals surface area (Å²) < 4.78 is 0. The molecule has 0 saturated carbocycles. The smallest absolute Gasteiger partial charge is 0.108 e. The number of hydrogen-bond acceptors (Lipinski definition) is 3. The van der Waals surface area contributed by atoms with E-state index in [0.29, 0.717) is 0 Å². The monoisotopic (exact) mass is 99.1 g/mol. The van der Waals surface area contributed by atoms with Gasteiger partial charge in [-0.15, -0.1) is 0 Å². The Balaban J connectivity index is 3.40. The summed E-state index contributed by atoms with van der Waals surface area (Å²) in [6.45, 7) is 1.74. The van der Waals surface area contributed by atoms with Crippen molar-refractivity contribution in [3.05, 3.63) is 0 Å². The number of nitrogens with zero attached hydrogens (tertiary/aromatic N) is 2. The highest BCUT2D eigenvalue weighted by Gasteiger charge is 1.98. The molecule has 0 radical (unpaired) electrons. The average molecular weight is 99.1 g/mol. The van der Waals surface area contributed by atoms with Gasteiger partial charge in [-0.3, -0.25) is 5.84 Å². The SMILES string of the molecule is CC(C#N)N(C)N. The van der Waals surface area contributed by atoms with Crippen LogP contribution in [-0.2, 0) is 0 Å². The average Bonchev–Trinajstić information content (AvgIpc) is 1.65. The summed E-state index contributed by atoms with van der Waals surface area (Å²) in [5.41, 5.74) is 0. The Labute approximate surface area is 43.3 Å². The van der Waals surface area contributed by atoms with Gasteiger partial charge < -0.3 is 0 Å². The summed E-state index contributed by atoms with van der Waals surface area (Å²) >= 11 is 0. The fourth-order valence-electron chi connectivity index (χ4n) is 0.0911. The van der Waals surface area contributed by atoms with Gasteiger partial charge in [-0.1, -0.05) is 0 Å². The van der Waals surface area contributed by atoms with Crippen LogP contribution in [0.2, 0.25) is 0 Å². The Morgan fingerprint density at radius 1 is 1.86 bits per heavy atom. The Kier molecular flexibility index (Phi) is 2.34. The molecule has 0 saturated heterocycles. The van der Waals surface area contributed by atoms with E-state index in [0.717, 1.165) is 0 Å². The third-order valence-corrected chi connectivity index (χ3v) is 0.798. The van der Waals surface area contributed by atoms with Crippen LogP contribution in [0.25, 0.3) is 0 Å². The van der Waals surface area contributed by atoms with Crippen LogP contribution >= 0.6 is 0 Å². The van der Waals surface area contributed by atoms with Crippen LogP contribution in [-0.4, -0.2) is 18.1 Å². The van der Waals surface area contributed by atoms with E-state index in [1.165, 1.54) is 5.01 Å². The van der Waals surface area contributed by atoms with Crippen molar-refractivity contribution < 1.29 is 0 Å². The largest absolute Gasteiger partial charge is 0.268 e. The molecular formula is C4H9N3. The van der Waals surface area contributed by atoms with Crippen molar-refractivity contribution in [3.63, 3.8) is 0 Å². The highest BCUT2D eigenvalue weighted by Crippen LogP contribution is 1.81. The number of rotatable bonds is 1. The van der Waals surface area contributed by atoms with Crippen LogP contribution in [0.4, 0.5) is 0 Å². The first-order valence-electron chi connectivity index (χ1n) is 2.05. The zero-order chi connectivity index (χ0) is 5.86. The van der Waals surface area contributed by atoms with Crippen molar-refractivity contribution in [2.45, 2.75) is 13.0 Å². The minimum Gasteiger partial charge on any atom is -0.268 e. The predicted molar refractivity (Wildman–Crippen MR) is 27.0 cm³/mol. The van der Waals surface area contributed by atoms with E-state index < -0.39 is 0 Å². The lowest BCUT2D eigenvalue weighted by Gasteiger charge is -2.09. The Hall–Kier alpha value is -0.590. The molecule has 0 aliphatic carbocycles. The second-order valence-corrected chi connectivity index (χ2v) is 1.47. The molecule has 3 nitrogen and oxygen atoms in total. The standard InChI is InChI=1S/C4H9N3/c1-4(3-5)7(2)6/h4H,6H2,1-2H3. The van der Waals surface area contributed by atoms with Crippen molar-refractivity contribution in [1.82, 2.24) is 5.01 Å². The third kappa shape index (κ3) is 2.15. The Morgan fingerprint density at radius 2 is 2.29 bits per heavy atom. The van der Waals surface area contributed by atoms with Gasteiger partial charge in [0.1, 0.15) is 6.04 Å². The van der Waals surface area contributed by atoms with Gasteiger partial charge in [-0.05, 0) is 6.92 Å². The molecule has 7 heavy (non-hydrogen) atoms. The zero-order valence-corrected chi connectivity index (χ0v) is 4.55. The predicted octanol–water partition coefficient (Wildman–Crippen LogP) is -0.296. The molecule has 3 heteroatoms. The molecule has 0 aliphatic rings. The van der Waals surface area contributed by atoms with Crippen molar-refractivity contribution in [2.75, 3.05) is 7.05 Å². The molecule has 0 amide bonds. The summed E-state index contributed by atoms with van der Waals surface area (Å²) in [5, 5.41) is 9.49. The van der Waals surface area contributed by atoms with E-state index in [-0.39, 0.29) is 6.04 Å². The van der Waals surface area contributed by atoms with Gasteiger partial charge in [0.05, 0.1) is 6.07 Å². The maximum Gasteiger partial charge on any atom is 0.108 e. The molecule has 1 unspecified atom stereocenters. The van der Waals surface area contributed by atoms with E-state index in [1.54, 1.807) is 14.0 Å². The topological polar surface area (TPSA) is 53.0 Å². The summed E-state index contributed by atoms with van der Waals surface area (Å²) in [7, 11) is 1.66. The van der Waals surface area contributed by atoms with Crippen LogP contribution < -0.4 is 5.84 Å². The van der Waals surface area contributed by atoms with E-state index >= 15 is 0 Å². The van der Waals surface area contributed by atoms with Crippen molar-refractivity contribution >= 4 is 0 Å². The zero-order valence-electron chi connectivity index (χ0n) is 4.55. The first-order chi connectivity index (χ1) is 3.18. The van der Waals surface area contributed by atoms with Crippen LogP contribution in [0.3, 0.4) is 0 Å². The number of nitriles is 1. The highest BCUT2D eigenvalue weighted by molar-refractivity contribution is 4.83. The molecule has 0 aromatic rings. The quantitative estimate of drug-likeness (QED) is 0.363. The summed E-state index contributed by atoms with van der Waals surface area (Å²) in [5.74, 6) is 5.16. The molecule has 0 fully saturated rings. The number of hydrogen-bond donors (Lipinski definition) is 1. The van der Waals surface area contributed by atoms with Crippen LogP contribution in [0.5, 0.6) is 0 Å². The van der Waals surface area contributed by atoms with Crippen molar-refractivity contribution in [3.8, 4) is 6.07 Å². The molecule has 1 atom stereocenters. The van der Waals surface area contributed by atoms with E-state index in [9.17, 15) is 0 Å². The van der Waals surface area contributed by atoms with E-state index in [4.69, 9.17) is 11.1 Å². The number of nitrogens with two attached hydrogens (primary N) is 1. The summed E-state index contributed by atoms with van der Waals surface area (Å²) in [4.78, 5) is 0. The maximum atomic E-state index is 8.13. The second-order valence-electron chi connectivity index (χ2n) is 1.47. The fraction of sp³-hybridized carbons (Fsp3) is 0.750. The molecule has 0 aromatic heterocycles. The minimum atomic E-state index is -0.181. The second kappa shape index (κ2) is 2.56. The van der Waals surface area contributed by atoms with Gasteiger partial charge in [0.2, 0.25) is 0 Å². The van der Waals surface area contributed by atoms with Gasteiger partial charge in [-0.2, -0.15) is 5.26 Å². The fourth-order valence-corrected chi connectivity index (χ4v) is 0.0911. The molecule has 0 heterocycles. The summed E-state index contributed by atoms with van der Waals surface area (Å²) in [6.07, 6.45) is 0. The molecule has 0 rings (SSSR count). The Morgan fingerprint density at radius 3 is 2.29 bits per heavy atom. The first-order valence-corrected chi connectivity index (χ1v) is 2.05. The van der Waals surface area contributed by atoms with Gasteiger partial charge >= 0.3 is 0 Å². The minimum absolute atomic E-state index is 0.181. The normalized spacial score (nSPS) is 13.6. The molecular weight excluding hydrogens is 90.1 g/mol. The third-order valence-electron chi connectivity index (χ3n) is 0.798. The summed E-state index contributed by atoms with van der Waals surface area (Å²) in [6, 6.07) is 1.78. The van der Waals surface area contributed by atoms with E-state index in [2.05, 4.69) is 0 Å². The van der Waals surface area contributed by atoms with Gasteiger partial charge in [0, 0.05) is 7.05 Å². The van der Waals surface area contributed by atoms with Gasteiger partial charge in [0.15, 0.2) is 0 Å². The molecule has 40 valence electrons. The van der Waals surface area contributed by atoms with Gasteiger partial charge in [0.25, 0.3) is 0 Å². The lowest BCUT2D eigenvalue weighted by atomic mass is 10.4. The first kappa shape index (κ1) is 6.41. The highest BCUT2D eigenvalue weighted by atomic mass is 15.4. The maximum absolute atomic E-state index is 8.13. The van der Waals surface area contributed by atoms with Gasteiger partial charge in [-0.25, -0.2) is 5.01 Å². The lowest BCUT2D eigenvalue weighted by Crippen LogP contribution is -2.33. The molecule has 2 N–H and O–H groups in total. The molecule has 0 bridgehead atoms. The van der Waals surface area contributed by atoms with Crippen LogP contribution in [0, 0.1) is 11.3 Å². The van der Waals surface area contributed by atoms with Crippen molar-refractivity contribution in [1.29, 1.82) is 5.26 Å². The van der Waals surface area contributed by atoms with Crippen LogP contribution in [0.15, 0.2) is 0 Å². The van der Waals surface area contributed by atoms with Crippen LogP contribution in [0.1, 0.15) is 6.92 Å². The number of hydrazine groups is 1. The molecule has 0 aliphatic heterocycles. The lowest BCUT2D eigenvalue weighted by molar-refractivity contribution is 0.315. The molecule has 0 spiro atoms. The van der Waals surface area contributed by atoms with Crippen molar-refractivity contribution in [2.24, 2.45) is 5.84 Å². The molecule has 0 aromatic carbocycles.